The highest BCUT2D eigenvalue weighted by atomic mass is 19.4. The van der Waals surface area contributed by atoms with E-state index in [9.17, 15) is 23.4 Å². The van der Waals surface area contributed by atoms with E-state index in [-0.39, 0.29) is 17.9 Å². The number of alkyl halides is 3. The Morgan fingerprint density at radius 1 is 0.931 bits per heavy atom. The summed E-state index contributed by atoms with van der Waals surface area (Å²) in [6.45, 7) is 4.92. The Balaban J connectivity index is 1.41. The van der Waals surface area contributed by atoms with Crippen LogP contribution in [-0.4, -0.2) is 28.6 Å². The molecule has 0 saturated heterocycles. The fraction of sp³-hybridized carbons (Fsp3) is 1.00. The molecule has 4 fully saturated rings. The molecule has 4 rings (SSSR count). The smallest absolute Gasteiger partial charge is 0.393 e. The Morgan fingerprint density at radius 3 is 2.34 bits per heavy atom. The van der Waals surface area contributed by atoms with Crippen molar-refractivity contribution >= 4 is 0 Å². The molecule has 4 saturated carbocycles. The van der Waals surface area contributed by atoms with Crippen LogP contribution in [0, 0.1) is 40.4 Å². The van der Waals surface area contributed by atoms with E-state index < -0.39 is 12.3 Å². The monoisotopic (exact) mass is 416 g/mol. The first-order valence-corrected chi connectivity index (χ1v) is 12.0. The van der Waals surface area contributed by atoms with Gasteiger partial charge in [-0.15, -0.1) is 0 Å². The molecular weight excluding hydrogens is 377 g/mol. The van der Waals surface area contributed by atoms with E-state index in [2.05, 4.69) is 13.8 Å². The van der Waals surface area contributed by atoms with Gasteiger partial charge >= 0.3 is 6.18 Å². The molecular formula is C24H39F3O2. The van der Waals surface area contributed by atoms with Crippen LogP contribution in [0.3, 0.4) is 0 Å². The lowest BCUT2D eigenvalue weighted by Gasteiger charge is -2.61. The van der Waals surface area contributed by atoms with Gasteiger partial charge in [-0.25, -0.2) is 0 Å². The average Bonchev–Trinajstić information content (AvgIpc) is 2.98. The summed E-state index contributed by atoms with van der Waals surface area (Å²) in [6.07, 6.45) is 4.80. The molecule has 4 aliphatic carbocycles. The van der Waals surface area contributed by atoms with E-state index in [1.807, 2.05) is 0 Å². The molecule has 2 nitrogen and oxygen atoms in total. The van der Waals surface area contributed by atoms with E-state index >= 15 is 0 Å². The molecule has 0 heterocycles. The van der Waals surface area contributed by atoms with Crippen molar-refractivity contribution < 1.29 is 23.4 Å². The van der Waals surface area contributed by atoms with Crippen LogP contribution < -0.4 is 0 Å². The Morgan fingerprint density at radius 2 is 1.62 bits per heavy atom. The molecule has 5 heteroatoms. The van der Waals surface area contributed by atoms with Crippen LogP contribution in [0.4, 0.5) is 13.2 Å². The van der Waals surface area contributed by atoms with Crippen LogP contribution in [0.25, 0.3) is 0 Å². The number of fused-ring (bicyclic) bond motifs is 5. The van der Waals surface area contributed by atoms with Crippen molar-refractivity contribution in [3.63, 3.8) is 0 Å². The van der Waals surface area contributed by atoms with Crippen molar-refractivity contribution in [2.75, 3.05) is 0 Å². The fourth-order valence-electron chi connectivity index (χ4n) is 8.54. The van der Waals surface area contributed by atoms with Gasteiger partial charge in [0, 0.05) is 0 Å². The third-order valence-corrected chi connectivity index (χ3v) is 10.2. The fourth-order valence-corrected chi connectivity index (χ4v) is 8.54. The molecule has 168 valence electrons. The second kappa shape index (κ2) is 7.69. The molecule has 0 amide bonds. The van der Waals surface area contributed by atoms with Crippen molar-refractivity contribution in [1.29, 1.82) is 0 Å². The lowest BCUT2D eigenvalue weighted by molar-refractivity contribution is -0.205. The molecule has 0 bridgehead atoms. The molecule has 0 aliphatic heterocycles. The van der Waals surface area contributed by atoms with Gasteiger partial charge in [-0.3, -0.25) is 0 Å². The van der Waals surface area contributed by atoms with Crippen molar-refractivity contribution in [3.8, 4) is 0 Å². The molecule has 0 aromatic heterocycles. The first-order valence-electron chi connectivity index (χ1n) is 12.0. The van der Waals surface area contributed by atoms with Crippen LogP contribution in [0.5, 0.6) is 0 Å². The summed E-state index contributed by atoms with van der Waals surface area (Å²) in [5, 5.41) is 19.5. The highest BCUT2D eigenvalue weighted by Crippen LogP contribution is 2.67. The van der Waals surface area contributed by atoms with Gasteiger partial charge in [0.05, 0.1) is 6.10 Å². The minimum Gasteiger partial charge on any atom is -0.393 e. The largest absolute Gasteiger partial charge is 0.414 e. The zero-order valence-electron chi connectivity index (χ0n) is 18.1. The van der Waals surface area contributed by atoms with E-state index in [0.29, 0.717) is 29.6 Å². The quantitative estimate of drug-likeness (QED) is 0.581. The minimum absolute atomic E-state index is 0.110. The number of hydrogen-bond donors (Lipinski definition) is 2. The number of halogens is 3. The van der Waals surface area contributed by atoms with Gasteiger partial charge < -0.3 is 10.2 Å². The summed E-state index contributed by atoms with van der Waals surface area (Å²) in [4.78, 5) is 0. The normalized spacial score (nSPS) is 48.5. The topological polar surface area (TPSA) is 40.5 Å². The number of hydrogen-bond acceptors (Lipinski definition) is 2. The van der Waals surface area contributed by atoms with Crippen molar-refractivity contribution in [1.82, 2.24) is 0 Å². The van der Waals surface area contributed by atoms with Gasteiger partial charge in [0.2, 0.25) is 0 Å². The Hall–Kier alpha value is -0.290. The zero-order valence-corrected chi connectivity index (χ0v) is 18.1. The van der Waals surface area contributed by atoms with Gasteiger partial charge in [0.25, 0.3) is 0 Å². The molecule has 0 radical (unpaired) electrons. The number of aliphatic hydroxyl groups excluding tert-OH is 2. The first-order chi connectivity index (χ1) is 13.6. The first kappa shape index (κ1) is 21.9. The SMILES string of the molecule is CC12CCC3[C@@H](CCC4C[C@@H](O)CC[C@@]43C)C1CCC2CCCC(O)C(F)(F)F. The number of rotatable bonds is 4. The molecule has 29 heavy (non-hydrogen) atoms. The van der Waals surface area contributed by atoms with Crippen LogP contribution in [0.2, 0.25) is 0 Å². The third-order valence-electron chi connectivity index (χ3n) is 10.2. The Labute approximate surface area is 173 Å². The standard InChI is InChI=1S/C24H39F3O2/c1-22-13-11-20-18(8-6-16-14-17(28)10-12-23(16,20)2)19(22)9-7-15(22)4-3-5-21(29)24(25,26)27/h15-21,28-29H,3-14H2,1-2H3/t15?,16?,17-,18-,19?,20?,21?,22?,23-/m0/s1. The lowest BCUT2D eigenvalue weighted by Crippen LogP contribution is -2.53. The molecule has 4 aliphatic rings. The highest BCUT2D eigenvalue weighted by molar-refractivity contribution is 5.09. The Kier molecular flexibility index (Phi) is 5.81. The summed E-state index contributed by atoms with van der Waals surface area (Å²) in [7, 11) is 0. The highest BCUT2D eigenvalue weighted by Gasteiger charge is 2.59. The lowest BCUT2D eigenvalue weighted by atomic mass is 9.44. The van der Waals surface area contributed by atoms with Gasteiger partial charge in [-0.2, -0.15) is 13.2 Å². The second-order valence-electron chi connectivity index (χ2n) is 11.4. The van der Waals surface area contributed by atoms with Gasteiger partial charge in [-0.05, 0) is 111 Å². The molecule has 0 aromatic carbocycles. The molecule has 2 N–H and O–H groups in total. The maximum Gasteiger partial charge on any atom is 0.414 e. The summed E-state index contributed by atoms with van der Waals surface area (Å²) in [5.74, 6) is 3.41. The van der Waals surface area contributed by atoms with Gasteiger partial charge in [0.15, 0.2) is 0 Å². The van der Waals surface area contributed by atoms with Gasteiger partial charge in [0.1, 0.15) is 6.10 Å². The van der Waals surface area contributed by atoms with Crippen molar-refractivity contribution in [2.45, 2.75) is 109 Å². The Bertz CT molecular complexity index is 593. The van der Waals surface area contributed by atoms with E-state index in [4.69, 9.17) is 0 Å². The maximum absolute atomic E-state index is 12.6. The predicted octanol–water partition coefficient (Wildman–Crippen LogP) is 6.10. The second-order valence-corrected chi connectivity index (χ2v) is 11.4. The zero-order chi connectivity index (χ0) is 21.0. The maximum atomic E-state index is 12.6. The molecule has 0 aromatic rings. The average molecular weight is 417 g/mol. The van der Waals surface area contributed by atoms with Crippen LogP contribution in [-0.2, 0) is 0 Å². The van der Waals surface area contributed by atoms with Crippen LogP contribution in [0.1, 0.15) is 90.9 Å². The predicted molar refractivity (Wildman–Crippen MR) is 107 cm³/mol. The summed E-state index contributed by atoms with van der Waals surface area (Å²) < 4.78 is 37.8. The summed E-state index contributed by atoms with van der Waals surface area (Å²) in [6, 6.07) is 0. The summed E-state index contributed by atoms with van der Waals surface area (Å²) >= 11 is 0. The molecule has 9 atom stereocenters. The summed E-state index contributed by atoms with van der Waals surface area (Å²) in [5.41, 5.74) is 0.639. The van der Waals surface area contributed by atoms with Crippen molar-refractivity contribution in [3.05, 3.63) is 0 Å². The van der Waals surface area contributed by atoms with E-state index in [1.54, 1.807) is 0 Å². The third kappa shape index (κ3) is 3.77. The van der Waals surface area contributed by atoms with Crippen molar-refractivity contribution in [2.24, 2.45) is 40.4 Å². The minimum atomic E-state index is -4.48. The molecule has 0 spiro atoms. The van der Waals surface area contributed by atoms with E-state index in [1.165, 1.54) is 32.1 Å². The van der Waals surface area contributed by atoms with E-state index in [0.717, 1.165) is 43.9 Å². The number of aliphatic hydroxyl groups is 2. The van der Waals surface area contributed by atoms with Crippen LogP contribution in [0.15, 0.2) is 0 Å². The van der Waals surface area contributed by atoms with Gasteiger partial charge in [-0.1, -0.05) is 20.3 Å². The molecule has 6 unspecified atom stereocenters. The van der Waals surface area contributed by atoms with Crippen LogP contribution >= 0.6 is 0 Å².